The monoisotopic (exact) mass is 476 g/mol. The van der Waals surface area contributed by atoms with Crippen LogP contribution in [0.15, 0.2) is 41.7 Å². The summed E-state index contributed by atoms with van der Waals surface area (Å²) in [5, 5.41) is 21.1. The van der Waals surface area contributed by atoms with E-state index < -0.39 is 18.5 Å². The second-order valence-corrected chi connectivity index (χ2v) is 8.00. The van der Waals surface area contributed by atoms with E-state index in [2.05, 4.69) is 25.5 Å². The van der Waals surface area contributed by atoms with Crippen LogP contribution in [0.5, 0.6) is 0 Å². The largest absolute Gasteiger partial charge is 0.455 e. The standard InChI is InChI=1S/C22H20N8O3S/c1-13-17(14(2)29-21(25-13)27-22(28-29)34-3)9-19(32)33-12-18(31)26-20-15(10-23)11-24-30(20)16-7-5-4-6-8-16/h4-8,11H,9,12H2,1-3H3,(H,26,31). The van der Waals surface area contributed by atoms with Gasteiger partial charge in [0.05, 0.1) is 18.3 Å². The lowest BCUT2D eigenvalue weighted by molar-refractivity contribution is -0.146. The molecule has 1 aromatic carbocycles. The highest BCUT2D eigenvalue weighted by Crippen LogP contribution is 2.20. The Kier molecular flexibility index (Phi) is 6.55. The second kappa shape index (κ2) is 9.72. The van der Waals surface area contributed by atoms with Gasteiger partial charge in [-0.3, -0.25) is 9.59 Å². The minimum absolute atomic E-state index is 0.0757. The Balaban J connectivity index is 1.43. The molecule has 34 heavy (non-hydrogen) atoms. The number of para-hydroxylation sites is 1. The molecule has 0 atom stereocenters. The van der Waals surface area contributed by atoms with Crippen molar-refractivity contribution in [2.75, 3.05) is 18.2 Å². The number of amides is 1. The molecule has 0 aliphatic carbocycles. The molecule has 0 spiro atoms. The number of hydrogen-bond acceptors (Lipinski definition) is 9. The first-order chi connectivity index (χ1) is 16.4. The fraction of sp³-hybridized carbons (Fsp3) is 0.227. The Bertz CT molecular complexity index is 1420. The van der Waals surface area contributed by atoms with E-state index in [1.54, 1.807) is 23.6 Å². The number of aromatic nitrogens is 6. The average Bonchev–Trinajstić information content (AvgIpc) is 3.44. The first-order valence-corrected chi connectivity index (χ1v) is 11.4. The molecule has 1 N–H and O–H groups in total. The number of nitrogens with zero attached hydrogens (tertiary/aromatic N) is 7. The molecule has 4 rings (SSSR count). The molecule has 0 saturated heterocycles. The van der Waals surface area contributed by atoms with Crippen LogP contribution < -0.4 is 5.32 Å². The predicted octanol–water partition coefficient (Wildman–Crippen LogP) is 2.24. The molecular formula is C22H20N8O3S. The average molecular weight is 477 g/mol. The molecular weight excluding hydrogens is 456 g/mol. The van der Waals surface area contributed by atoms with Crippen LogP contribution >= 0.6 is 11.8 Å². The summed E-state index contributed by atoms with van der Waals surface area (Å²) in [7, 11) is 0. The van der Waals surface area contributed by atoms with Crippen LogP contribution in [0, 0.1) is 25.2 Å². The third-order valence-electron chi connectivity index (χ3n) is 5.05. The van der Waals surface area contributed by atoms with Gasteiger partial charge in [-0.15, -0.1) is 5.10 Å². The number of benzene rings is 1. The minimum Gasteiger partial charge on any atom is -0.455 e. The fourth-order valence-corrected chi connectivity index (χ4v) is 3.69. The van der Waals surface area contributed by atoms with Crippen LogP contribution in [0.2, 0.25) is 0 Å². The third kappa shape index (κ3) is 4.60. The SMILES string of the molecule is CSc1nc2nc(C)c(CC(=O)OCC(=O)Nc3c(C#N)cnn3-c3ccccc3)c(C)n2n1. The van der Waals surface area contributed by atoms with Gasteiger partial charge < -0.3 is 10.1 Å². The minimum atomic E-state index is -0.593. The molecule has 0 aliphatic heterocycles. The lowest BCUT2D eigenvalue weighted by atomic mass is 10.1. The molecule has 0 bridgehead atoms. The van der Waals surface area contributed by atoms with E-state index in [1.807, 2.05) is 37.4 Å². The number of nitrogens with one attached hydrogen (secondary N) is 1. The summed E-state index contributed by atoms with van der Waals surface area (Å²) in [5.41, 5.74) is 2.87. The number of carbonyl (C=O) groups excluding carboxylic acids is 2. The predicted molar refractivity (Wildman–Crippen MR) is 124 cm³/mol. The highest BCUT2D eigenvalue weighted by atomic mass is 32.2. The highest BCUT2D eigenvalue weighted by molar-refractivity contribution is 7.98. The summed E-state index contributed by atoms with van der Waals surface area (Å²) in [6, 6.07) is 11.0. The Morgan fingerprint density at radius 3 is 2.68 bits per heavy atom. The van der Waals surface area contributed by atoms with Gasteiger partial charge in [-0.2, -0.15) is 15.3 Å². The molecule has 172 valence electrons. The van der Waals surface area contributed by atoms with E-state index in [0.29, 0.717) is 27.9 Å². The fourth-order valence-electron chi connectivity index (χ4n) is 3.36. The van der Waals surface area contributed by atoms with Gasteiger partial charge in [-0.25, -0.2) is 14.2 Å². The van der Waals surface area contributed by atoms with Crippen molar-refractivity contribution in [2.24, 2.45) is 0 Å². The van der Waals surface area contributed by atoms with Gasteiger partial charge in [-0.1, -0.05) is 30.0 Å². The van der Waals surface area contributed by atoms with Gasteiger partial charge in [0.2, 0.25) is 5.16 Å². The molecule has 0 saturated carbocycles. The van der Waals surface area contributed by atoms with Crippen molar-refractivity contribution >= 4 is 35.2 Å². The summed E-state index contributed by atoms with van der Waals surface area (Å²) in [6.07, 6.45) is 3.15. The Morgan fingerprint density at radius 1 is 1.21 bits per heavy atom. The molecule has 1 amide bonds. The number of hydrogen-bond donors (Lipinski definition) is 1. The topological polar surface area (TPSA) is 140 Å². The van der Waals surface area contributed by atoms with Crippen LogP contribution in [0.4, 0.5) is 5.82 Å². The molecule has 0 unspecified atom stereocenters. The Hall–Kier alpha value is -4.24. The van der Waals surface area contributed by atoms with Crippen molar-refractivity contribution in [3.63, 3.8) is 0 Å². The number of esters is 1. The summed E-state index contributed by atoms with van der Waals surface area (Å²) < 4.78 is 8.21. The smallest absolute Gasteiger partial charge is 0.310 e. The molecule has 4 aromatic rings. The number of fused-ring (bicyclic) bond motifs is 1. The lowest BCUT2D eigenvalue weighted by Gasteiger charge is -2.11. The maximum absolute atomic E-state index is 12.5. The maximum Gasteiger partial charge on any atom is 0.310 e. The molecule has 0 fully saturated rings. The molecule has 0 radical (unpaired) electrons. The van der Waals surface area contributed by atoms with Crippen LogP contribution in [0.3, 0.4) is 0 Å². The van der Waals surface area contributed by atoms with E-state index in [1.165, 1.54) is 22.6 Å². The van der Waals surface area contributed by atoms with Gasteiger partial charge >= 0.3 is 5.97 Å². The molecule has 3 heterocycles. The van der Waals surface area contributed by atoms with E-state index >= 15 is 0 Å². The van der Waals surface area contributed by atoms with Crippen molar-refractivity contribution in [1.82, 2.24) is 29.4 Å². The third-order valence-corrected chi connectivity index (χ3v) is 5.58. The van der Waals surface area contributed by atoms with Crippen molar-refractivity contribution in [1.29, 1.82) is 5.26 Å². The zero-order valence-electron chi connectivity index (χ0n) is 18.6. The lowest BCUT2D eigenvalue weighted by Crippen LogP contribution is -2.24. The van der Waals surface area contributed by atoms with Gasteiger partial charge in [0.25, 0.3) is 11.7 Å². The maximum atomic E-state index is 12.5. The summed E-state index contributed by atoms with van der Waals surface area (Å²) >= 11 is 1.40. The van der Waals surface area contributed by atoms with Crippen molar-refractivity contribution in [3.05, 3.63) is 59.0 Å². The van der Waals surface area contributed by atoms with Crippen molar-refractivity contribution < 1.29 is 14.3 Å². The number of thioether (sulfide) groups is 1. The van der Waals surface area contributed by atoms with E-state index in [-0.39, 0.29) is 17.8 Å². The zero-order chi connectivity index (χ0) is 24.2. The number of rotatable bonds is 7. The Labute approximate surface area is 198 Å². The van der Waals surface area contributed by atoms with Crippen molar-refractivity contribution in [3.8, 4) is 11.8 Å². The van der Waals surface area contributed by atoms with Gasteiger partial charge in [0, 0.05) is 17.0 Å². The first kappa shape index (κ1) is 22.9. The van der Waals surface area contributed by atoms with Crippen LogP contribution in [-0.2, 0) is 20.7 Å². The summed E-state index contributed by atoms with van der Waals surface area (Å²) in [6.45, 7) is 3.09. The highest BCUT2D eigenvalue weighted by Gasteiger charge is 2.19. The zero-order valence-corrected chi connectivity index (χ0v) is 19.5. The summed E-state index contributed by atoms with van der Waals surface area (Å²) in [5.74, 6) is -0.527. The second-order valence-electron chi connectivity index (χ2n) is 7.22. The number of nitriles is 1. The Morgan fingerprint density at radius 2 is 1.97 bits per heavy atom. The summed E-state index contributed by atoms with van der Waals surface area (Å²) in [4.78, 5) is 33.7. The quantitative estimate of drug-likeness (QED) is 0.314. The first-order valence-electron chi connectivity index (χ1n) is 10.2. The van der Waals surface area contributed by atoms with Crippen molar-refractivity contribution in [2.45, 2.75) is 25.4 Å². The van der Waals surface area contributed by atoms with Gasteiger partial charge in [0.1, 0.15) is 11.6 Å². The normalized spacial score (nSPS) is 10.8. The van der Waals surface area contributed by atoms with Crippen LogP contribution in [0.25, 0.3) is 11.5 Å². The number of aryl methyl sites for hydroxylation is 2. The number of ether oxygens (including phenoxy) is 1. The van der Waals surface area contributed by atoms with Gasteiger partial charge in [0.15, 0.2) is 12.4 Å². The van der Waals surface area contributed by atoms with Crippen LogP contribution in [0.1, 0.15) is 22.5 Å². The molecule has 3 aromatic heterocycles. The number of anilines is 1. The number of carbonyl (C=O) groups is 2. The van der Waals surface area contributed by atoms with E-state index in [4.69, 9.17) is 4.74 Å². The molecule has 0 aliphatic rings. The van der Waals surface area contributed by atoms with E-state index in [9.17, 15) is 14.9 Å². The molecule has 12 heteroatoms. The molecule has 11 nitrogen and oxygen atoms in total. The van der Waals surface area contributed by atoms with Crippen LogP contribution in [-0.4, -0.2) is 54.1 Å². The van der Waals surface area contributed by atoms with E-state index in [0.717, 1.165) is 5.69 Å². The van der Waals surface area contributed by atoms with Gasteiger partial charge in [-0.05, 0) is 32.2 Å².